The molecule has 21 heavy (non-hydrogen) atoms. The predicted molar refractivity (Wildman–Crippen MR) is 77.4 cm³/mol. The fourth-order valence-corrected chi connectivity index (χ4v) is 2.04. The average Bonchev–Trinajstić information content (AvgIpc) is 2.63. The number of aromatic amines is 1. The molecule has 0 bridgehead atoms. The van der Waals surface area contributed by atoms with Crippen LogP contribution in [-0.2, 0) is 11.3 Å². The molecule has 1 amide bonds. The van der Waals surface area contributed by atoms with Gasteiger partial charge in [0.05, 0.1) is 16.6 Å². The van der Waals surface area contributed by atoms with Gasteiger partial charge in [0.1, 0.15) is 6.54 Å². The number of aromatic carboxylic acids is 1. The number of carbonyl (C=O) groups is 2. The molecular formula is C14H17N3O4. The van der Waals surface area contributed by atoms with Gasteiger partial charge in [-0.05, 0) is 39.0 Å². The molecule has 0 unspecified atom stereocenters. The SMILES string of the molecule is CC(C)(C)NC(=O)Cn1c(=O)[nH]c2ccc(C(=O)O)cc21. The summed E-state index contributed by atoms with van der Waals surface area (Å²) in [7, 11) is 0. The Morgan fingerprint density at radius 1 is 1.33 bits per heavy atom. The minimum atomic E-state index is -1.09. The molecule has 0 aliphatic heterocycles. The second kappa shape index (κ2) is 5.08. The van der Waals surface area contributed by atoms with Crippen molar-refractivity contribution in [3.8, 4) is 0 Å². The summed E-state index contributed by atoms with van der Waals surface area (Å²) < 4.78 is 1.23. The average molecular weight is 291 g/mol. The van der Waals surface area contributed by atoms with Crippen LogP contribution in [0, 0.1) is 0 Å². The van der Waals surface area contributed by atoms with E-state index in [0.717, 1.165) is 0 Å². The van der Waals surface area contributed by atoms with Gasteiger partial charge in [0.2, 0.25) is 5.91 Å². The van der Waals surface area contributed by atoms with Gasteiger partial charge in [-0.1, -0.05) is 0 Å². The number of benzene rings is 1. The van der Waals surface area contributed by atoms with Crippen molar-refractivity contribution in [2.75, 3.05) is 0 Å². The Hall–Kier alpha value is -2.57. The number of hydrogen-bond acceptors (Lipinski definition) is 3. The number of fused-ring (bicyclic) bond motifs is 1. The highest BCUT2D eigenvalue weighted by Crippen LogP contribution is 2.13. The van der Waals surface area contributed by atoms with Gasteiger partial charge in [0.25, 0.3) is 0 Å². The van der Waals surface area contributed by atoms with Crippen LogP contribution in [0.1, 0.15) is 31.1 Å². The Morgan fingerprint density at radius 2 is 2.00 bits per heavy atom. The third-order valence-electron chi connectivity index (χ3n) is 2.84. The largest absolute Gasteiger partial charge is 0.478 e. The number of H-pyrrole nitrogens is 1. The molecule has 0 saturated carbocycles. The Bertz CT molecular complexity index is 765. The van der Waals surface area contributed by atoms with Crippen LogP contribution in [0.5, 0.6) is 0 Å². The number of carboxylic acids is 1. The van der Waals surface area contributed by atoms with Gasteiger partial charge in [-0.2, -0.15) is 0 Å². The number of hydrogen-bond donors (Lipinski definition) is 3. The van der Waals surface area contributed by atoms with E-state index in [0.29, 0.717) is 11.0 Å². The van der Waals surface area contributed by atoms with E-state index in [2.05, 4.69) is 10.3 Å². The van der Waals surface area contributed by atoms with Crippen molar-refractivity contribution in [1.82, 2.24) is 14.9 Å². The topological polar surface area (TPSA) is 104 Å². The number of nitrogens with one attached hydrogen (secondary N) is 2. The summed E-state index contributed by atoms with van der Waals surface area (Å²) in [6, 6.07) is 4.29. The maximum Gasteiger partial charge on any atom is 0.335 e. The van der Waals surface area contributed by atoms with Crippen LogP contribution in [0.3, 0.4) is 0 Å². The number of rotatable bonds is 3. The molecule has 0 aliphatic carbocycles. The highest BCUT2D eigenvalue weighted by molar-refractivity contribution is 5.92. The van der Waals surface area contributed by atoms with Gasteiger partial charge >= 0.3 is 11.7 Å². The fourth-order valence-electron chi connectivity index (χ4n) is 2.04. The number of amides is 1. The summed E-state index contributed by atoms with van der Waals surface area (Å²) in [5.74, 6) is -1.40. The fraction of sp³-hybridized carbons (Fsp3) is 0.357. The van der Waals surface area contributed by atoms with E-state index < -0.39 is 17.2 Å². The van der Waals surface area contributed by atoms with Crippen LogP contribution < -0.4 is 11.0 Å². The first-order valence-electron chi connectivity index (χ1n) is 6.44. The van der Waals surface area contributed by atoms with Gasteiger partial charge in [-0.3, -0.25) is 9.36 Å². The molecule has 3 N–H and O–H groups in total. The molecule has 7 heteroatoms. The summed E-state index contributed by atoms with van der Waals surface area (Å²) >= 11 is 0. The van der Waals surface area contributed by atoms with Crippen molar-refractivity contribution in [2.45, 2.75) is 32.9 Å². The molecule has 2 aromatic rings. The van der Waals surface area contributed by atoms with Crippen LogP contribution >= 0.6 is 0 Å². The first-order valence-corrected chi connectivity index (χ1v) is 6.44. The Morgan fingerprint density at radius 3 is 2.57 bits per heavy atom. The van der Waals surface area contributed by atoms with Gasteiger partial charge < -0.3 is 15.4 Å². The summed E-state index contributed by atoms with van der Waals surface area (Å²) in [4.78, 5) is 37.4. The molecule has 1 aromatic carbocycles. The lowest BCUT2D eigenvalue weighted by molar-refractivity contribution is -0.123. The normalized spacial score (nSPS) is 11.6. The minimum Gasteiger partial charge on any atom is -0.478 e. The molecular weight excluding hydrogens is 274 g/mol. The van der Waals surface area contributed by atoms with Crippen molar-refractivity contribution >= 4 is 22.9 Å². The van der Waals surface area contributed by atoms with Crippen molar-refractivity contribution in [3.05, 3.63) is 34.2 Å². The van der Waals surface area contributed by atoms with E-state index in [1.807, 2.05) is 20.8 Å². The summed E-state index contributed by atoms with van der Waals surface area (Å²) in [5.41, 5.74) is 0.0968. The summed E-state index contributed by atoms with van der Waals surface area (Å²) in [6.07, 6.45) is 0. The molecule has 2 rings (SSSR count). The lowest BCUT2D eigenvalue weighted by Crippen LogP contribution is -2.43. The number of carboxylic acid groups (broad SMARTS) is 1. The zero-order valence-electron chi connectivity index (χ0n) is 12.1. The molecule has 7 nitrogen and oxygen atoms in total. The highest BCUT2D eigenvalue weighted by Gasteiger charge is 2.17. The zero-order valence-corrected chi connectivity index (χ0v) is 12.1. The standard InChI is InChI=1S/C14H17N3O4/c1-14(2,3)16-11(18)7-17-10-6-8(12(19)20)4-5-9(10)15-13(17)21/h4-6H,7H2,1-3H3,(H,15,21)(H,16,18)(H,19,20). The van der Waals surface area contributed by atoms with Crippen LogP contribution in [-0.4, -0.2) is 32.1 Å². The van der Waals surface area contributed by atoms with Crippen LogP contribution in [0.2, 0.25) is 0 Å². The molecule has 1 heterocycles. The van der Waals surface area contributed by atoms with E-state index >= 15 is 0 Å². The van der Waals surface area contributed by atoms with Gasteiger partial charge in [0, 0.05) is 5.54 Å². The first-order chi connectivity index (χ1) is 9.67. The Kier molecular flexibility index (Phi) is 3.59. The number of imidazole rings is 1. The van der Waals surface area contributed by atoms with Gasteiger partial charge in [-0.15, -0.1) is 0 Å². The smallest absolute Gasteiger partial charge is 0.335 e. The zero-order chi connectivity index (χ0) is 15.8. The third kappa shape index (κ3) is 3.31. The van der Waals surface area contributed by atoms with E-state index in [9.17, 15) is 14.4 Å². The maximum absolute atomic E-state index is 11.9. The quantitative estimate of drug-likeness (QED) is 0.782. The van der Waals surface area contributed by atoms with Crippen molar-refractivity contribution < 1.29 is 14.7 Å². The van der Waals surface area contributed by atoms with Gasteiger partial charge in [0.15, 0.2) is 0 Å². The molecule has 0 atom stereocenters. The first kappa shape index (κ1) is 14.8. The second-order valence-corrected chi connectivity index (χ2v) is 5.85. The molecule has 0 saturated heterocycles. The van der Waals surface area contributed by atoms with E-state index in [1.54, 1.807) is 0 Å². The van der Waals surface area contributed by atoms with Crippen molar-refractivity contribution in [2.24, 2.45) is 0 Å². The maximum atomic E-state index is 11.9. The van der Waals surface area contributed by atoms with Gasteiger partial charge in [-0.25, -0.2) is 9.59 Å². The van der Waals surface area contributed by atoms with Crippen LogP contribution in [0.15, 0.2) is 23.0 Å². The van der Waals surface area contributed by atoms with E-state index in [-0.39, 0.29) is 18.0 Å². The van der Waals surface area contributed by atoms with Crippen molar-refractivity contribution in [3.63, 3.8) is 0 Å². The molecule has 1 aromatic heterocycles. The van der Waals surface area contributed by atoms with E-state index in [4.69, 9.17) is 5.11 Å². The number of aromatic nitrogens is 2. The molecule has 0 spiro atoms. The summed E-state index contributed by atoms with van der Waals surface area (Å²) in [5, 5.41) is 11.8. The second-order valence-electron chi connectivity index (χ2n) is 5.85. The minimum absolute atomic E-state index is 0.0616. The lowest BCUT2D eigenvalue weighted by atomic mass is 10.1. The predicted octanol–water partition coefficient (Wildman–Crippen LogP) is 0.942. The molecule has 0 radical (unpaired) electrons. The van der Waals surface area contributed by atoms with Crippen LogP contribution in [0.25, 0.3) is 11.0 Å². The summed E-state index contributed by atoms with van der Waals surface area (Å²) in [6.45, 7) is 5.35. The Balaban J connectivity index is 2.41. The van der Waals surface area contributed by atoms with Crippen molar-refractivity contribution in [1.29, 1.82) is 0 Å². The van der Waals surface area contributed by atoms with E-state index in [1.165, 1.54) is 22.8 Å². The molecule has 112 valence electrons. The molecule has 0 aliphatic rings. The Labute approximate surface area is 120 Å². The lowest BCUT2D eigenvalue weighted by Gasteiger charge is -2.20. The number of nitrogens with zero attached hydrogens (tertiary/aromatic N) is 1. The van der Waals surface area contributed by atoms with Crippen LogP contribution in [0.4, 0.5) is 0 Å². The third-order valence-corrected chi connectivity index (χ3v) is 2.84. The highest BCUT2D eigenvalue weighted by atomic mass is 16.4. The molecule has 0 fully saturated rings. The monoisotopic (exact) mass is 291 g/mol. The number of carbonyl (C=O) groups excluding carboxylic acids is 1.